The SMILES string of the molecule is Cc1ccc(NC(=O)N(CCN2CCCCC2)CC(=O)N(Cc2ccc(F)cc2)Cc2ccc(C)s2)cc1. The molecular formula is C30H37FN4O2S. The molecule has 3 aromatic rings. The lowest BCUT2D eigenvalue weighted by Crippen LogP contribution is -2.47. The van der Waals surface area contributed by atoms with Crippen molar-refractivity contribution in [3.63, 3.8) is 0 Å². The topological polar surface area (TPSA) is 55.9 Å². The van der Waals surface area contributed by atoms with E-state index in [1.165, 1.54) is 36.3 Å². The van der Waals surface area contributed by atoms with Gasteiger partial charge in [0.25, 0.3) is 0 Å². The largest absolute Gasteiger partial charge is 0.332 e. The van der Waals surface area contributed by atoms with Crippen molar-refractivity contribution in [1.82, 2.24) is 14.7 Å². The summed E-state index contributed by atoms with van der Waals surface area (Å²) in [6.07, 6.45) is 3.58. The molecule has 1 fully saturated rings. The number of aryl methyl sites for hydroxylation is 2. The lowest BCUT2D eigenvalue weighted by molar-refractivity contribution is -0.133. The van der Waals surface area contributed by atoms with Crippen LogP contribution in [0.4, 0.5) is 14.9 Å². The van der Waals surface area contributed by atoms with Gasteiger partial charge in [-0.15, -0.1) is 11.3 Å². The second-order valence-electron chi connectivity index (χ2n) is 10.0. The minimum Gasteiger partial charge on any atom is -0.332 e. The third kappa shape index (κ3) is 8.39. The van der Waals surface area contributed by atoms with Crippen molar-refractivity contribution in [3.8, 4) is 0 Å². The van der Waals surface area contributed by atoms with E-state index in [0.717, 1.165) is 35.6 Å². The van der Waals surface area contributed by atoms with Crippen LogP contribution in [0.1, 0.15) is 40.1 Å². The predicted molar refractivity (Wildman–Crippen MR) is 152 cm³/mol. The van der Waals surface area contributed by atoms with Crippen LogP contribution >= 0.6 is 11.3 Å². The average molecular weight is 537 g/mol. The van der Waals surface area contributed by atoms with Gasteiger partial charge >= 0.3 is 6.03 Å². The number of hydrogen-bond acceptors (Lipinski definition) is 4. The molecule has 0 saturated carbocycles. The summed E-state index contributed by atoms with van der Waals surface area (Å²) in [4.78, 5) is 35.1. The molecule has 6 nitrogen and oxygen atoms in total. The first kappa shape index (κ1) is 27.8. The molecule has 0 bridgehead atoms. The summed E-state index contributed by atoms with van der Waals surface area (Å²) in [5.74, 6) is -0.449. The Bertz CT molecular complexity index is 1190. The molecule has 3 amide bonds. The molecule has 0 aliphatic carbocycles. The normalized spacial score (nSPS) is 13.8. The first-order valence-corrected chi connectivity index (χ1v) is 14.1. The van der Waals surface area contributed by atoms with Crippen LogP contribution in [-0.4, -0.2) is 59.4 Å². The average Bonchev–Trinajstić information content (AvgIpc) is 3.33. The number of benzene rings is 2. The number of amides is 3. The number of nitrogens with one attached hydrogen (secondary N) is 1. The number of carbonyl (C=O) groups excluding carboxylic acids is 2. The van der Waals surface area contributed by atoms with Crippen molar-refractivity contribution in [2.75, 3.05) is 38.0 Å². The van der Waals surface area contributed by atoms with Crippen molar-refractivity contribution in [2.24, 2.45) is 0 Å². The van der Waals surface area contributed by atoms with E-state index in [-0.39, 0.29) is 24.3 Å². The Morgan fingerprint density at radius 1 is 0.895 bits per heavy atom. The Balaban J connectivity index is 1.49. The first-order chi connectivity index (χ1) is 18.4. The van der Waals surface area contributed by atoms with Crippen molar-refractivity contribution < 1.29 is 14.0 Å². The van der Waals surface area contributed by atoms with E-state index < -0.39 is 0 Å². The van der Waals surface area contributed by atoms with Gasteiger partial charge in [0.05, 0.1) is 6.54 Å². The van der Waals surface area contributed by atoms with Crippen LogP contribution in [0.25, 0.3) is 0 Å². The number of nitrogens with zero attached hydrogens (tertiary/aromatic N) is 3. The summed E-state index contributed by atoms with van der Waals surface area (Å²) >= 11 is 1.65. The number of anilines is 1. The number of thiophene rings is 1. The van der Waals surface area contributed by atoms with Crippen LogP contribution in [0.15, 0.2) is 60.7 Å². The number of carbonyl (C=O) groups is 2. The molecule has 2 aromatic carbocycles. The highest BCUT2D eigenvalue weighted by molar-refractivity contribution is 7.11. The van der Waals surface area contributed by atoms with Gasteiger partial charge in [-0.25, -0.2) is 9.18 Å². The van der Waals surface area contributed by atoms with E-state index in [9.17, 15) is 14.0 Å². The predicted octanol–water partition coefficient (Wildman–Crippen LogP) is 6.05. The number of piperidine rings is 1. The van der Waals surface area contributed by atoms with Gasteiger partial charge in [-0.1, -0.05) is 36.2 Å². The number of hydrogen-bond donors (Lipinski definition) is 1. The molecule has 0 radical (unpaired) electrons. The zero-order valence-electron chi connectivity index (χ0n) is 22.3. The van der Waals surface area contributed by atoms with Gasteiger partial charge < -0.3 is 20.0 Å². The van der Waals surface area contributed by atoms with Crippen LogP contribution in [0.3, 0.4) is 0 Å². The third-order valence-electron chi connectivity index (χ3n) is 6.83. The highest BCUT2D eigenvalue weighted by Crippen LogP contribution is 2.20. The summed E-state index contributed by atoms with van der Waals surface area (Å²) < 4.78 is 13.5. The molecule has 0 atom stereocenters. The zero-order chi connectivity index (χ0) is 26.9. The van der Waals surface area contributed by atoms with E-state index in [0.29, 0.717) is 25.3 Å². The molecule has 1 N–H and O–H groups in total. The summed E-state index contributed by atoms with van der Waals surface area (Å²) in [6.45, 7) is 8.03. The molecule has 0 unspecified atom stereocenters. The molecule has 1 saturated heterocycles. The third-order valence-corrected chi connectivity index (χ3v) is 7.82. The Kier molecular flexibility index (Phi) is 9.90. The van der Waals surface area contributed by atoms with Gasteiger partial charge in [0, 0.05) is 35.1 Å². The lowest BCUT2D eigenvalue weighted by Gasteiger charge is -2.31. The fourth-order valence-electron chi connectivity index (χ4n) is 4.60. The van der Waals surface area contributed by atoms with E-state index in [1.54, 1.807) is 33.3 Å². The minimum absolute atomic E-state index is 0.0307. The minimum atomic E-state index is -0.308. The fraction of sp³-hybridized carbons (Fsp3) is 0.400. The molecule has 0 spiro atoms. The molecule has 1 aliphatic rings. The standard InChI is InChI=1S/C30H37FN4O2S/c1-23-6-13-27(14-7-23)32-30(37)34(19-18-33-16-4-3-5-17-33)22-29(36)35(21-28-15-8-24(2)38-28)20-25-9-11-26(31)12-10-25/h6-15H,3-5,16-22H2,1-2H3,(H,32,37). The number of likely N-dealkylation sites (tertiary alicyclic amines) is 1. The van der Waals surface area contributed by atoms with Crippen LogP contribution in [0.5, 0.6) is 0 Å². The van der Waals surface area contributed by atoms with E-state index in [2.05, 4.69) is 10.2 Å². The summed E-state index contributed by atoms with van der Waals surface area (Å²) in [7, 11) is 0. The van der Waals surface area contributed by atoms with Crippen LogP contribution in [0.2, 0.25) is 0 Å². The molecule has 8 heteroatoms. The van der Waals surface area contributed by atoms with Crippen molar-refractivity contribution in [2.45, 2.75) is 46.2 Å². The van der Waals surface area contributed by atoms with Gasteiger partial charge in [-0.05, 0) is 81.7 Å². The lowest BCUT2D eigenvalue weighted by atomic mass is 10.1. The first-order valence-electron chi connectivity index (χ1n) is 13.3. The number of urea groups is 1. The van der Waals surface area contributed by atoms with Crippen LogP contribution < -0.4 is 5.32 Å². The fourth-order valence-corrected chi connectivity index (χ4v) is 5.51. The second kappa shape index (κ2) is 13.5. The molecule has 38 heavy (non-hydrogen) atoms. The number of rotatable bonds is 10. The van der Waals surface area contributed by atoms with E-state index in [4.69, 9.17) is 0 Å². The molecule has 2 heterocycles. The van der Waals surface area contributed by atoms with Gasteiger partial charge in [0.15, 0.2) is 0 Å². The zero-order valence-corrected chi connectivity index (χ0v) is 23.1. The number of halogens is 1. The van der Waals surface area contributed by atoms with E-state index >= 15 is 0 Å². The smallest absolute Gasteiger partial charge is 0.322 e. The van der Waals surface area contributed by atoms with Crippen molar-refractivity contribution >= 4 is 29.0 Å². The maximum Gasteiger partial charge on any atom is 0.322 e. The quantitative estimate of drug-likeness (QED) is 0.343. The highest BCUT2D eigenvalue weighted by atomic mass is 32.1. The maximum absolute atomic E-state index is 13.7. The summed E-state index contributed by atoms with van der Waals surface area (Å²) in [5.41, 5.74) is 2.66. The molecule has 1 aromatic heterocycles. The molecular weight excluding hydrogens is 499 g/mol. The molecule has 4 rings (SSSR count). The Labute approximate surface area is 229 Å². The van der Waals surface area contributed by atoms with Gasteiger partial charge in [0.1, 0.15) is 12.4 Å². The second-order valence-corrected chi connectivity index (χ2v) is 11.4. The molecule has 1 aliphatic heterocycles. The molecule has 202 valence electrons. The van der Waals surface area contributed by atoms with Crippen LogP contribution in [0, 0.1) is 19.7 Å². The Hall–Kier alpha value is -3.23. The van der Waals surface area contributed by atoms with Crippen LogP contribution in [-0.2, 0) is 17.9 Å². The Morgan fingerprint density at radius 3 is 2.26 bits per heavy atom. The van der Waals surface area contributed by atoms with E-state index in [1.807, 2.05) is 50.2 Å². The summed E-state index contributed by atoms with van der Waals surface area (Å²) in [5, 5.41) is 2.97. The Morgan fingerprint density at radius 2 is 1.61 bits per heavy atom. The maximum atomic E-state index is 13.7. The van der Waals surface area contributed by atoms with Crippen molar-refractivity contribution in [3.05, 3.63) is 87.4 Å². The van der Waals surface area contributed by atoms with Crippen molar-refractivity contribution in [1.29, 1.82) is 0 Å². The van der Waals surface area contributed by atoms with Gasteiger partial charge in [-0.3, -0.25) is 4.79 Å². The summed E-state index contributed by atoms with van der Waals surface area (Å²) in [6, 6.07) is 17.7. The monoisotopic (exact) mass is 536 g/mol. The van der Waals surface area contributed by atoms with Gasteiger partial charge in [0.2, 0.25) is 5.91 Å². The van der Waals surface area contributed by atoms with Gasteiger partial charge in [-0.2, -0.15) is 0 Å². The highest BCUT2D eigenvalue weighted by Gasteiger charge is 2.23.